The molecule has 0 fully saturated rings. The highest BCUT2D eigenvalue weighted by Gasteiger charge is 1.99. The molecule has 0 rings (SSSR count). The Morgan fingerprint density at radius 1 is 1.55 bits per heavy atom. The Morgan fingerprint density at radius 2 is 2.18 bits per heavy atom. The number of aliphatic imine (C=N–C) groups is 1. The van der Waals surface area contributed by atoms with Crippen LogP contribution in [0.15, 0.2) is 29.1 Å². The standard InChI is InChI=1S/C8H10N2O/c1-3-5-10-7(6-9)8(11)4-2/h3-5,11H,1-2H3/b5-3-,8-4+,10-7-. The molecule has 0 aliphatic heterocycles. The van der Waals surface area contributed by atoms with Crippen LogP contribution in [-0.4, -0.2) is 10.8 Å². The van der Waals surface area contributed by atoms with E-state index >= 15 is 0 Å². The van der Waals surface area contributed by atoms with Crippen LogP contribution in [-0.2, 0) is 0 Å². The van der Waals surface area contributed by atoms with Crippen molar-refractivity contribution in [1.29, 1.82) is 5.26 Å². The molecule has 0 unspecified atom stereocenters. The molecule has 58 valence electrons. The second kappa shape index (κ2) is 5.24. The molecule has 1 N–H and O–H groups in total. The van der Waals surface area contributed by atoms with E-state index in [1.807, 2.05) is 0 Å². The first-order valence-electron chi connectivity index (χ1n) is 3.21. The first-order chi connectivity index (χ1) is 5.26. The van der Waals surface area contributed by atoms with E-state index < -0.39 is 0 Å². The minimum absolute atomic E-state index is 0.0330. The van der Waals surface area contributed by atoms with Crippen molar-refractivity contribution in [3.05, 3.63) is 24.1 Å². The van der Waals surface area contributed by atoms with Crippen molar-refractivity contribution in [2.45, 2.75) is 13.8 Å². The van der Waals surface area contributed by atoms with E-state index in [0.29, 0.717) is 0 Å². The minimum Gasteiger partial charge on any atom is -0.505 e. The largest absolute Gasteiger partial charge is 0.505 e. The lowest BCUT2D eigenvalue weighted by Crippen LogP contribution is -1.96. The number of nitrogens with zero attached hydrogens (tertiary/aromatic N) is 2. The van der Waals surface area contributed by atoms with Crippen molar-refractivity contribution in [2.24, 2.45) is 4.99 Å². The van der Waals surface area contributed by atoms with Gasteiger partial charge in [-0.1, -0.05) is 6.08 Å². The van der Waals surface area contributed by atoms with Crippen molar-refractivity contribution < 1.29 is 5.11 Å². The maximum Gasteiger partial charge on any atom is 0.181 e. The van der Waals surface area contributed by atoms with Crippen LogP contribution >= 0.6 is 0 Å². The predicted molar refractivity (Wildman–Crippen MR) is 44.2 cm³/mol. The summed E-state index contributed by atoms with van der Waals surface area (Å²) in [6.07, 6.45) is 4.56. The number of allylic oxidation sites excluding steroid dienone is 3. The Kier molecular flexibility index (Phi) is 4.50. The molecule has 11 heavy (non-hydrogen) atoms. The molecular weight excluding hydrogens is 140 g/mol. The number of aliphatic hydroxyl groups excluding tert-OH is 1. The van der Waals surface area contributed by atoms with E-state index in [0.717, 1.165) is 0 Å². The number of hydrogen-bond acceptors (Lipinski definition) is 3. The van der Waals surface area contributed by atoms with E-state index in [-0.39, 0.29) is 11.5 Å². The summed E-state index contributed by atoms with van der Waals surface area (Å²) >= 11 is 0. The van der Waals surface area contributed by atoms with E-state index in [1.165, 1.54) is 12.3 Å². The topological polar surface area (TPSA) is 56.4 Å². The third kappa shape index (κ3) is 3.21. The number of aliphatic hydroxyl groups is 1. The third-order valence-electron chi connectivity index (χ3n) is 0.975. The second-order valence-corrected chi connectivity index (χ2v) is 1.75. The fraction of sp³-hybridized carbons (Fsp3) is 0.250. The van der Waals surface area contributed by atoms with E-state index in [4.69, 9.17) is 10.4 Å². The van der Waals surface area contributed by atoms with E-state index in [9.17, 15) is 0 Å². The van der Waals surface area contributed by atoms with Gasteiger partial charge in [-0.05, 0) is 19.9 Å². The van der Waals surface area contributed by atoms with Crippen molar-refractivity contribution in [3.8, 4) is 6.07 Å². The molecule has 0 spiro atoms. The highest BCUT2D eigenvalue weighted by atomic mass is 16.3. The second-order valence-electron chi connectivity index (χ2n) is 1.75. The van der Waals surface area contributed by atoms with Crippen LogP contribution in [0.4, 0.5) is 0 Å². The van der Waals surface area contributed by atoms with Crippen molar-refractivity contribution >= 4 is 5.71 Å². The summed E-state index contributed by atoms with van der Waals surface area (Å²) in [4.78, 5) is 3.69. The lowest BCUT2D eigenvalue weighted by Gasteiger charge is -1.90. The first-order valence-corrected chi connectivity index (χ1v) is 3.21. The van der Waals surface area contributed by atoms with Gasteiger partial charge in [-0.3, -0.25) is 0 Å². The van der Waals surface area contributed by atoms with Crippen molar-refractivity contribution in [2.75, 3.05) is 0 Å². The highest BCUT2D eigenvalue weighted by molar-refractivity contribution is 6.09. The lowest BCUT2D eigenvalue weighted by molar-refractivity contribution is 0.443. The van der Waals surface area contributed by atoms with Gasteiger partial charge in [0.1, 0.15) is 11.8 Å². The molecule has 0 aromatic carbocycles. The zero-order valence-corrected chi connectivity index (χ0v) is 6.57. The monoisotopic (exact) mass is 150 g/mol. The van der Waals surface area contributed by atoms with Gasteiger partial charge in [0.15, 0.2) is 5.71 Å². The van der Waals surface area contributed by atoms with Gasteiger partial charge in [0, 0.05) is 6.20 Å². The minimum atomic E-state index is -0.0920. The molecule has 0 aromatic heterocycles. The molecule has 0 saturated heterocycles. The van der Waals surface area contributed by atoms with Gasteiger partial charge in [0.25, 0.3) is 0 Å². The van der Waals surface area contributed by atoms with Crippen molar-refractivity contribution in [3.63, 3.8) is 0 Å². The number of hydrogen-bond donors (Lipinski definition) is 1. The molecule has 0 radical (unpaired) electrons. The third-order valence-corrected chi connectivity index (χ3v) is 0.975. The quantitative estimate of drug-likeness (QED) is 0.483. The molecule has 0 amide bonds. The van der Waals surface area contributed by atoms with Gasteiger partial charge in [-0.25, -0.2) is 4.99 Å². The van der Waals surface area contributed by atoms with Crippen LogP contribution in [0.25, 0.3) is 0 Å². The molecule has 0 bridgehead atoms. The van der Waals surface area contributed by atoms with Gasteiger partial charge in [0.2, 0.25) is 0 Å². The fourth-order valence-corrected chi connectivity index (χ4v) is 0.438. The molecule has 3 nitrogen and oxygen atoms in total. The summed E-state index contributed by atoms with van der Waals surface area (Å²) < 4.78 is 0. The first kappa shape index (κ1) is 9.44. The summed E-state index contributed by atoms with van der Waals surface area (Å²) in [5.41, 5.74) is 0.0330. The molecule has 0 aliphatic rings. The molecule has 3 heteroatoms. The van der Waals surface area contributed by atoms with Gasteiger partial charge < -0.3 is 5.11 Å². The van der Waals surface area contributed by atoms with Crippen LogP contribution in [0.1, 0.15) is 13.8 Å². The summed E-state index contributed by atoms with van der Waals surface area (Å²) in [6.45, 7) is 3.42. The SMILES string of the molecule is C\C=C/N=C(C#N)\C(O)=C/C. The predicted octanol–water partition coefficient (Wildman–Crippen LogP) is 1.95. The maximum absolute atomic E-state index is 9.02. The highest BCUT2D eigenvalue weighted by Crippen LogP contribution is 1.92. The summed E-state index contributed by atoms with van der Waals surface area (Å²) in [5, 5.41) is 17.5. The Morgan fingerprint density at radius 3 is 2.55 bits per heavy atom. The Bertz CT molecular complexity index is 243. The normalized spacial score (nSPS) is 13.5. The van der Waals surface area contributed by atoms with Crippen LogP contribution in [0.3, 0.4) is 0 Å². The fourth-order valence-electron chi connectivity index (χ4n) is 0.438. The molecule has 0 atom stereocenters. The number of nitriles is 1. The zero-order valence-electron chi connectivity index (χ0n) is 6.57. The van der Waals surface area contributed by atoms with E-state index in [2.05, 4.69) is 4.99 Å². The molecular formula is C8H10N2O. The van der Waals surface area contributed by atoms with Gasteiger partial charge >= 0.3 is 0 Å². The average molecular weight is 150 g/mol. The van der Waals surface area contributed by atoms with Crippen molar-refractivity contribution in [1.82, 2.24) is 0 Å². The summed E-state index contributed by atoms with van der Waals surface area (Å²) in [6, 6.07) is 1.77. The Balaban J connectivity index is 4.57. The lowest BCUT2D eigenvalue weighted by atomic mass is 10.3. The van der Waals surface area contributed by atoms with Gasteiger partial charge in [-0.2, -0.15) is 5.26 Å². The summed E-state index contributed by atoms with van der Waals surface area (Å²) in [7, 11) is 0. The summed E-state index contributed by atoms with van der Waals surface area (Å²) in [5.74, 6) is -0.0920. The van der Waals surface area contributed by atoms with Crippen LogP contribution in [0.5, 0.6) is 0 Å². The molecule has 0 aliphatic carbocycles. The zero-order chi connectivity index (χ0) is 8.69. The molecule has 0 heterocycles. The number of rotatable bonds is 2. The van der Waals surface area contributed by atoms with Crippen LogP contribution in [0, 0.1) is 11.3 Å². The maximum atomic E-state index is 9.02. The van der Waals surface area contributed by atoms with Gasteiger partial charge in [-0.15, -0.1) is 0 Å². The molecule has 0 saturated carbocycles. The average Bonchev–Trinajstić information content (AvgIpc) is 2.05. The Hall–Kier alpha value is -1.56. The Labute approximate surface area is 66.0 Å². The van der Waals surface area contributed by atoms with Crippen LogP contribution < -0.4 is 0 Å². The van der Waals surface area contributed by atoms with Crippen LogP contribution in [0.2, 0.25) is 0 Å². The smallest absolute Gasteiger partial charge is 0.181 e. The molecule has 0 aromatic rings. The van der Waals surface area contributed by atoms with Gasteiger partial charge in [0.05, 0.1) is 0 Å². The van der Waals surface area contributed by atoms with E-state index in [1.54, 1.807) is 26.0 Å².